The SMILES string of the molecule is C[C@H]1CCCCN1CCNC(=O)c1nn(C)c2c1CCc1sccc1-2. The van der Waals surface area contributed by atoms with Gasteiger partial charge in [0.05, 0.1) is 5.69 Å². The summed E-state index contributed by atoms with van der Waals surface area (Å²) < 4.78 is 1.88. The molecule has 2 aliphatic rings. The van der Waals surface area contributed by atoms with Crippen molar-refractivity contribution in [1.82, 2.24) is 20.0 Å². The Kier molecular flexibility index (Phi) is 4.65. The third-order valence-electron chi connectivity index (χ3n) is 5.59. The molecular weight excluding hydrogens is 332 g/mol. The fourth-order valence-corrected chi connectivity index (χ4v) is 5.07. The van der Waals surface area contributed by atoms with E-state index in [2.05, 4.69) is 33.7 Å². The van der Waals surface area contributed by atoms with Gasteiger partial charge in [0.25, 0.3) is 5.91 Å². The minimum Gasteiger partial charge on any atom is -0.349 e. The van der Waals surface area contributed by atoms with Crippen LogP contribution in [0.2, 0.25) is 0 Å². The molecule has 4 rings (SSSR count). The average molecular weight is 359 g/mol. The number of nitrogens with zero attached hydrogens (tertiary/aromatic N) is 3. The molecule has 0 spiro atoms. The first-order valence-corrected chi connectivity index (χ1v) is 10.2. The molecule has 0 unspecified atom stereocenters. The van der Waals surface area contributed by atoms with Crippen LogP contribution in [0.3, 0.4) is 0 Å². The van der Waals surface area contributed by atoms with Crippen molar-refractivity contribution < 1.29 is 4.79 Å². The Balaban J connectivity index is 1.44. The lowest BCUT2D eigenvalue weighted by Gasteiger charge is -2.33. The van der Waals surface area contributed by atoms with Gasteiger partial charge in [0, 0.05) is 42.2 Å². The van der Waals surface area contributed by atoms with E-state index in [-0.39, 0.29) is 5.91 Å². The Labute approximate surface area is 153 Å². The lowest BCUT2D eigenvalue weighted by atomic mass is 9.94. The quantitative estimate of drug-likeness (QED) is 0.914. The Hall–Kier alpha value is -1.66. The second kappa shape index (κ2) is 6.92. The number of piperidine rings is 1. The molecule has 0 saturated carbocycles. The Morgan fingerprint density at radius 1 is 1.40 bits per heavy atom. The number of nitrogens with one attached hydrogen (secondary N) is 1. The van der Waals surface area contributed by atoms with Gasteiger partial charge in [-0.25, -0.2) is 0 Å². The van der Waals surface area contributed by atoms with Gasteiger partial charge in [-0.1, -0.05) is 6.42 Å². The maximum Gasteiger partial charge on any atom is 0.272 e. The van der Waals surface area contributed by atoms with E-state index in [0.717, 1.165) is 37.2 Å². The van der Waals surface area contributed by atoms with Crippen LogP contribution in [0.25, 0.3) is 11.3 Å². The molecule has 5 nitrogen and oxygen atoms in total. The number of carbonyl (C=O) groups is 1. The molecule has 1 amide bonds. The van der Waals surface area contributed by atoms with Gasteiger partial charge in [0.2, 0.25) is 0 Å². The summed E-state index contributed by atoms with van der Waals surface area (Å²) in [6.45, 7) is 5.06. The van der Waals surface area contributed by atoms with E-state index in [1.165, 1.54) is 29.7 Å². The van der Waals surface area contributed by atoms with Crippen LogP contribution < -0.4 is 5.32 Å². The second-order valence-corrected chi connectivity index (χ2v) is 8.19. The molecule has 0 radical (unpaired) electrons. The number of amides is 1. The van der Waals surface area contributed by atoms with E-state index in [4.69, 9.17) is 0 Å². The number of carbonyl (C=O) groups excluding carboxylic acids is 1. The normalized spacial score (nSPS) is 20.2. The van der Waals surface area contributed by atoms with Gasteiger partial charge >= 0.3 is 0 Å². The van der Waals surface area contributed by atoms with Crippen LogP contribution in [0.5, 0.6) is 0 Å². The van der Waals surface area contributed by atoms with Gasteiger partial charge in [-0.2, -0.15) is 5.10 Å². The first-order chi connectivity index (χ1) is 12.1. The van der Waals surface area contributed by atoms with Crippen LogP contribution in [-0.2, 0) is 19.9 Å². The molecule has 1 aliphatic carbocycles. The number of aromatic nitrogens is 2. The monoisotopic (exact) mass is 358 g/mol. The van der Waals surface area contributed by atoms with Gasteiger partial charge < -0.3 is 5.32 Å². The fourth-order valence-electron chi connectivity index (χ4n) is 4.19. The molecule has 1 fully saturated rings. The Morgan fingerprint density at radius 3 is 3.12 bits per heavy atom. The van der Waals surface area contributed by atoms with Crippen LogP contribution in [-0.4, -0.2) is 46.3 Å². The zero-order valence-electron chi connectivity index (χ0n) is 15.0. The highest BCUT2D eigenvalue weighted by atomic mass is 32.1. The summed E-state index contributed by atoms with van der Waals surface area (Å²) in [6, 6.07) is 2.78. The lowest BCUT2D eigenvalue weighted by molar-refractivity contribution is 0.0932. The summed E-state index contributed by atoms with van der Waals surface area (Å²) >= 11 is 1.80. The van der Waals surface area contributed by atoms with Crippen molar-refractivity contribution in [1.29, 1.82) is 0 Å². The Bertz CT molecular complexity index is 778. The zero-order valence-corrected chi connectivity index (χ0v) is 15.9. The summed E-state index contributed by atoms with van der Waals surface area (Å²) in [4.78, 5) is 16.6. The van der Waals surface area contributed by atoms with Crippen molar-refractivity contribution in [3.8, 4) is 11.3 Å². The topological polar surface area (TPSA) is 50.2 Å². The molecule has 1 saturated heterocycles. The average Bonchev–Trinajstić information content (AvgIpc) is 3.20. The third kappa shape index (κ3) is 3.13. The molecule has 1 aliphatic heterocycles. The molecule has 6 heteroatoms. The highest BCUT2D eigenvalue weighted by Gasteiger charge is 2.27. The van der Waals surface area contributed by atoms with Crippen LogP contribution >= 0.6 is 11.3 Å². The molecule has 1 atom stereocenters. The highest BCUT2D eigenvalue weighted by molar-refractivity contribution is 7.10. The molecule has 134 valence electrons. The standard InChI is InChI=1S/C19H26N4OS/c1-13-5-3-4-10-23(13)11-9-20-19(24)17-15-6-7-16-14(8-12-25-16)18(15)22(2)21-17/h8,12-13H,3-7,9-11H2,1-2H3,(H,20,24)/t13-/m0/s1. The van der Waals surface area contributed by atoms with Crippen molar-refractivity contribution in [2.24, 2.45) is 7.05 Å². The van der Waals surface area contributed by atoms with Crippen molar-refractivity contribution in [3.63, 3.8) is 0 Å². The van der Waals surface area contributed by atoms with E-state index in [0.29, 0.717) is 18.3 Å². The van der Waals surface area contributed by atoms with Crippen molar-refractivity contribution >= 4 is 17.2 Å². The van der Waals surface area contributed by atoms with Crippen LogP contribution in [0, 0.1) is 0 Å². The van der Waals surface area contributed by atoms with Gasteiger partial charge in [-0.3, -0.25) is 14.4 Å². The van der Waals surface area contributed by atoms with Gasteiger partial charge in [0.15, 0.2) is 5.69 Å². The molecule has 0 bridgehead atoms. The minimum absolute atomic E-state index is 0.0276. The van der Waals surface area contributed by atoms with E-state index in [1.54, 1.807) is 11.3 Å². The van der Waals surface area contributed by atoms with Crippen LogP contribution in [0.1, 0.15) is 47.1 Å². The van der Waals surface area contributed by atoms with Crippen LogP contribution in [0.15, 0.2) is 11.4 Å². The Morgan fingerprint density at radius 2 is 2.28 bits per heavy atom. The summed E-state index contributed by atoms with van der Waals surface area (Å²) in [5, 5.41) is 9.77. The van der Waals surface area contributed by atoms with E-state index < -0.39 is 0 Å². The molecule has 2 aromatic heterocycles. The highest BCUT2D eigenvalue weighted by Crippen LogP contribution is 2.37. The largest absolute Gasteiger partial charge is 0.349 e. The minimum atomic E-state index is -0.0276. The summed E-state index contributed by atoms with van der Waals surface area (Å²) in [7, 11) is 1.94. The number of likely N-dealkylation sites (tertiary alicyclic amines) is 1. The first-order valence-electron chi connectivity index (χ1n) is 9.30. The van der Waals surface area contributed by atoms with E-state index >= 15 is 0 Å². The zero-order chi connectivity index (χ0) is 17.4. The number of hydrogen-bond donors (Lipinski definition) is 1. The number of aryl methyl sites for hydroxylation is 2. The van der Waals surface area contributed by atoms with Gasteiger partial charge in [-0.15, -0.1) is 11.3 Å². The molecular formula is C19H26N4OS. The van der Waals surface area contributed by atoms with Crippen molar-refractivity contribution in [2.75, 3.05) is 19.6 Å². The van der Waals surface area contributed by atoms with Crippen molar-refractivity contribution in [2.45, 2.75) is 45.1 Å². The van der Waals surface area contributed by atoms with E-state index in [9.17, 15) is 4.79 Å². The lowest BCUT2D eigenvalue weighted by Crippen LogP contribution is -2.42. The smallest absolute Gasteiger partial charge is 0.272 e. The predicted octanol–water partition coefficient (Wildman–Crippen LogP) is 2.85. The van der Waals surface area contributed by atoms with E-state index in [1.807, 2.05) is 11.7 Å². The van der Waals surface area contributed by atoms with Gasteiger partial charge in [-0.05, 0) is 50.6 Å². The predicted molar refractivity (Wildman–Crippen MR) is 101 cm³/mol. The molecule has 1 N–H and O–H groups in total. The molecule has 0 aromatic carbocycles. The number of rotatable bonds is 4. The maximum absolute atomic E-state index is 12.7. The summed E-state index contributed by atoms with van der Waals surface area (Å²) in [6.07, 6.45) is 5.79. The fraction of sp³-hybridized carbons (Fsp3) is 0.579. The number of hydrogen-bond acceptors (Lipinski definition) is 4. The number of thiophene rings is 1. The second-order valence-electron chi connectivity index (χ2n) is 7.19. The molecule has 3 heterocycles. The first kappa shape index (κ1) is 16.8. The molecule has 25 heavy (non-hydrogen) atoms. The third-order valence-corrected chi connectivity index (χ3v) is 6.57. The number of fused-ring (bicyclic) bond motifs is 3. The molecule has 2 aromatic rings. The van der Waals surface area contributed by atoms with Crippen molar-refractivity contribution in [3.05, 3.63) is 27.6 Å². The summed E-state index contributed by atoms with van der Waals surface area (Å²) in [5.74, 6) is -0.0276. The summed E-state index contributed by atoms with van der Waals surface area (Å²) in [5.41, 5.74) is 4.10. The van der Waals surface area contributed by atoms with Crippen LogP contribution in [0.4, 0.5) is 0 Å². The van der Waals surface area contributed by atoms with Gasteiger partial charge in [0.1, 0.15) is 0 Å². The maximum atomic E-state index is 12.7.